The van der Waals surface area contributed by atoms with E-state index < -0.39 is 64.9 Å². The lowest BCUT2D eigenvalue weighted by molar-refractivity contribution is -0.415. The third kappa shape index (κ3) is 7.39. The molecule has 0 rings (SSSR count). The van der Waals surface area contributed by atoms with Crippen molar-refractivity contribution in [1.29, 1.82) is 0 Å². The maximum absolute atomic E-state index is 11.2. The summed E-state index contributed by atoms with van der Waals surface area (Å²) in [6.07, 6.45) is -2.33. The van der Waals surface area contributed by atoms with Crippen LogP contribution in [0.1, 0.15) is 55.4 Å². The number of carbonyl (C=O) groups is 9. The zero-order chi connectivity index (χ0) is 25.2. The van der Waals surface area contributed by atoms with Crippen LogP contribution in [0.3, 0.4) is 0 Å². The second-order valence-corrected chi connectivity index (χ2v) is 13.5. The van der Waals surface area contributed by atoms with Crippen molar-refractivity contribution in [2.45, 2.75) is 55.4 Å². The largest absolute Gasteiger partial charge is 0.652 e. The lowest BCUT2D eigenvalue weighted by atomic mass is 10.9. The standard InChI is InChI=1S/2C8H12O4P.CH2O3/c2*1-5(9)13(6(2)10,7(3)11)8(4)12;2-1(3)4/h2*1-4H3;(H2,2,3,4)/q2*+1;/p-2. The van der Waals surface area contributed by atoms with Crippen molar-refractivity contribution in [3.05, 3.63) is 0 Å². The van der Waals surface area contributed by atoms with E-state index >= 15 is 0 Å². The summed E-state index contributed by atoms with van der Waals surface area (Å²) in [6, 6.07) is 0. The smallest absolute Gasteiger partial charge is 0.290 e. The van der Waals surface area contributed by atoms with Crippen molar-refractivity contribution in [2.75, 3.05) is 0 Å². The minimum atomic E-state index is -3.34. The SMILES string of the molecule is CC(=O)[P+](C(C)=O)(C(C)=O)C(C)=O.CC(=O)[P+](C(C)=O)(C(C)=O)C(C)=O.O=C([O-])[O-]. The molecule has 0 heterocycles. The van der Waals surface area contributed by atoms with Gasteiger partial charge in [0.15, 0.2) is 0 Å². The van der Waals surface area contributed by atoms with Gasteiger partial charge in [0.25, 0.3) is 58.7 Å². The summed E-state index contributed by atoms with van der Waals surface area (Å²) in [5, 5.41) is 16.7. The van der Waals surface area contributed by atoms with Gasteiger partial charge in [0, 0.05) is 55.4 Å². The van der Waals surface area contributed by atoms with E-state index in [0.29, 0.717) is 0 Å². The summed E-state index contributed by atoms with van der Waals surface area (Å²) in [5.74, 6) is 0. The zero-order valence-corrected chi connectivity index (χ0v) is 19.7. The number of hydrogen-bond donors (Lipinski definition) is 0. The Morgan fingerprint density at radius 1 is 0.367 bits per heavy atom. The van der Waals surface area contributed by atoms with Gasteiger partial charge in [-0.3, -0.25) is 38.4 Å². The van der Waals surface area contributed by atoms with E-state index in [0.717, 1.165) is 55.4 Å². The monoisotopic (exact) mass is 466 g/mol. The fraction of sp³-hybridized carbons (Fsp3) is 0.471. The minimum absolute atomic E-state index is 0.597. The minimum Gasteiger partial charge on any atom is -0.652 e. The topological polar surface area (TPSA) is 200 Å². The van der Waals surface area contributed by atoms with E-state index in [-0.39, 0.29) is 0 Å². The van der Waals surface area contributed by atoms with Gasteiger partial charge in [0.05, 0.1) is 0 Å². The summed E-state index contributed by atoms with van der Waals surface area (Å²) < 4.78 is 0. The Kier molecular flexibility index (Phi) is 13.9. The highest BCUT2D eigenvalue weighted by Crippen LogP contribution is 2.62. The summed E-state index contributed by atoms with van der Waals surface area (Å²) >= 11 is 0. The Bertz CT molecular complexity index is 609. The molecule has 13 heteroatoms. The van der Waals surface area contributed by atoms with Crippen LogP contribution in [0.2, 0.25) is 0 Å². The Morgan fingerprint density at radius 3 is 0.433 bits per heavy atom. The van der Waals surface area contributed by atoms with Gasteiger partial charge in [0.2, 0.25) is 0 Å². The van der Waals surface area contributed by atoms with Crippen molar-refractivity contribution >= 4 is 64.9 Å². The number of carboxylic acid groups (broad SMARTS) is 2. The van der Waals surface area contributed by atoms with Crippen LogP contribution in [-0.4, -0.2) is 50.4 Å². The average Bonchev–Trinajstić information content (AvgIpc) is 2.44. The van der Waals surface area contributed by atoms with E-state index in [1.807, 2.05) is 0 Å². The molecule has 0 atom stereocenters. The highest BCUT2D eigenvalue weighted by Gasteiger charge is 2.61. The molecule has 11 nitrogen and oxygen atoms in total. The van der Waals surface area contributed by atoms with Gasteiger partial charge in [-0.25, -0.2) is 0 Å². The van der Waals surface area contributed by atoms with Crippen LogP contribution in [0.15, 0.2) is 0 Å². The van der Waals surface area contributed by atoms with Gasteiger partial charge in [-0.15, -0.1) is 0 Å². The third-order valence-electron chi connectivity index (χ3n) is 3.78. The molecule has 0 spiro atoms. The Morgan fingerprint density at radius 2 is 0.433 bits per heavy atom. The van der Waals surface area contributed by atoms with Crippen LogP contribution in [0, 0.1) is 0 Å². The van der Waals surface area contributed by atoms with Crippen molar-refractivity contribution in [2.24, 2.45) is 0 Å². The van der Waals surface area contributed by atoms with Gasteiger partial charge in [-0.05, 0) is 6.16 Å². The normalized spacial score (nSPS) is 10.1. The summed E-state index contributed by atoms with van der Waals surface area (Å²) in [7, 11) is -6.68. The molecule has 0 aliphatic heterocycles. The van der Waals surface area contributed by atoms with Gasteiger partial charge in [-0.2, -0.15) is 0 Å². The fourth-order valence-corrected chi connectivity index (χ4v) is 7.98. The number of hydrogen-bond acceptors (Lipinski definition) is 11. The Hall–Kier alpha value is -2.51. The van der Waals surface area contributed by atoms with Crippen LogP contribution in [0.5, 0.6) is 0 Å². The molecule has 0 unspecified atom stereocenters. The van der Waals surface area contributed by atoms with Gasteiger partial charge < -0.3 is 15.0 Å². The molecule has 0 N–H and O–H groups in total. The first kappa shape index (κ1) is 32.2. The third-order valence-corrected chi connectivity index (χ3v) is 11.3. The lowest BCUT2D eigenvalue weighted by Gasteiger charge is -2.11. The summed E-state index contributed by atoms with van der Waals surface area (Å²) in [5.41, 5.74) is -4.78. The van der Waals surface area contributed by atoms with E-state index in [1.54, 1.807) is 0 Å². The van der Waals surface area contributed by atoms with Gasteiger partial charge in [-0.1, -0.05) is 0 Å². The summed E-state index contributed by atoms with van der Waals surface area (Å²) in [4.78, 5) is 97.8. The molecule has 0 fully saturated rings. The van der Waals surface area contributed by atoms with E-state index in [1.165, 1.54) is 0 Å². The molecule has 0 saturated carbocycles. The van der Waals surface area contributed by atoms with Crippen molar-refractivity contribution in [3.8, 4) is 0 Å². The highest BCUT2D eigenvalue weighted by molar-refractivity contribution is 8.26. The lowest BCUT2D eigenvalue weighted by Crippen LogP contribution is -2.37. The fourth-order valence-electron chi connectivity index (χ4n) is 2.66. The molecule has 0 bridgehead atoms. The van der Waals surface area contributed by atoms with Gasteiger partial charge >= 0.3 is 0 Å². The summed E-state index contributed by atoms with van der Waals surface area (Å²) in [6.45, 7) is 8.98. The molecule has 0 aliphatic rings. The molecule has 0 aromatic rings. The number of rotatable bonds is 8. The molecule has 0 aliphatic carbocycles. The molecule has 0 aromatic heterocycles. The first-order valence-corrected chi connectivity index (χ1v) is 11.6. The second kappa shape index (κ2) is 12.9. The maximum Gasteiger partial charge on any atom is 0.290 e. The predicted molar refractivity (Wildman–Crippen MR) is 105 cm³/mol. The molecule has 30 heavy (non-hydrogen) atoms. The van der Waals surface area contributed by atoms with E-state index in [4.69, 9.17) is 15.0 Å². The van der Waals surface area contributed by atoms with Crippen LogP contribution >= 0.6 is 14.5 Å². The zero-order valence-electron chi connectivity index (χ0n) is 17.9. The maximum atomic E-state index is 11.2. The van der Waals surface area contributed by atoms with E-state index in [9.17, 15) is 38.4 Å². The van der Waals surface area contributed by atoms with Crippen molar-refractivity contribution in [1.82, 2.24) is 0 Å². The molecule has 0 aromatic carbocycles. The van der Waals surface area contributed by atoms with Crippen molar-refractivity contribution in [3.63, 3.8) is 0 Å². The van der Waals surface area contributed by atoms with Crippen LogP contribution < -0.4 is 10.2 Å². The van der Waals surface area contributed by atoms with Gasteiger partial charge in [0.1, 0.15) is 0 Å². The second-order valence-electron chi connectivity index (χ2n) is 5.74. The van der Waals surface area contributed by atoms with Crippen molar-refractivity contribution < 1.29 is 53.4 Å². The molecule has 168 valence electrons. The number of carbonyl (C=O) groups excluding carboxylic acids is 9. The predicted octanol–water partition coefficient (Wildman–Crippen LogP) is -0.0670. The molecular formula is C17H24O11P2. The molecular weight excluding hydrogens is 442 g/mol. The molecule has 0 saturated heterocycles. The Balaban J connectivity index is -0.000000412. The quantitative estimate of drug-likeness (QED) is 0.434. The van der Waals surface area contributed by atoms with Crippen LogP contribution in [-0.2, 0) is 38.4 Å². The van der Waals surface area contributed by atoms with E-state index in [2.05, 4.69) is 0 Å². The molecule has 0 amide bonds. The average molecular weight is 466 g/mol. The van der Waals surface area contributed by atoms with Crippen LogP contribution in [0.4, 0.5) is 4.79 Å². The molecule has 0 radical (unpaired) electrons. The first-order valence-electron chi connectivity index (χ1n) is 8.03. The highest BCUT2D eigenvalue weighted by atomic mass is 31.2. The first-order chi connectivity index (χ1) is 13.3. The van der Waals surface area contributed by atoms with Crippen LogP contribution in [0.25, 0.3) is 0 Å². The Labute approximate surface area is 174 Å².